The first kappa shape index (κ1) is 20.3. The molecule has 4 N–H and O–H groups in total. The predicted octanol–water partition coefficient (Wildman–Crippen LogP) is -0.183. The van der Waals surface area contributed by atoms with E-state index in [2.05, 4.69) is 22.2 Å². The fraction of sp³-hybridized carbons (Fsp3) is 0.375. The lowest BCUT2D eigenvalue weighted by Crippen LogP contribution is -2.40. The summed E-state index contributed by atoms with van der Waals surface area (Å²) in [5.41, 5.74) is 0.313. The summed E-state index contributed by atoms with van der Waals surface area (Å²) in [6, 6.07) is 4.04. The van der Waals surface area contributed by atoms with Crippen LogP contribution in [0.1, 0.15) is 12.5 Å². The van der Waals surface area contributed by atoms with Gasteiger partial charge in [-0.2, -0.15) is 5.10 Å². The van der Waals surface area contributed by atoms with Crippen molar-refractivity contribution < 1.29 is 23.8 Å². The highest BCUT2D eigenvalue weighted by molar-refractivity contribution is 5.99. The van der Waals surface area contributed by atoms with Crippen molar-refractivity contribution in [3.63, 3.8) is 0 Å². The van der Waals surface area contributed by atoms with Gasteiger partial charge in [0.2, 0.25) is 5.91 Å². The average Bonchev–Trinajstić information content (AvgIpc) is 2.99. The average molecular weight is 380 g/mol. The van der Waals surface area contributed by atoms with Crippen LogP contribution < -0.4 is 16.1 Å². The molecule has 2 amide bonds. The molecule has 1 aromatic carbocycles. The molecule has 0 aromatic heterocycles. The van der Waals surface area contributed by atoms with Gasteiger partial charge in [0.1, 0.15) is 11.9 Å². The lowest BCUT2D eigenvalue weighted by molar-refractivity contribution is -0.119. The zero-order valence-electron chi connectivity index (χ0n) is 14.8. The summed E-state index contributed by atoms with van der Waals surface area (Å²) >= 11 is 0. The van der Waals surface area contributed by atoms with Gasteiger partial charge in [-0.15, -0.1) is 5.10 Å². The van der Waals surface area contributed by atoms with E-state index < -0.39 is 18.0 Å². The Hall–Kier alpha value is -3.05. The SMILES string of the molecule is C=N/N=C(/c1ccc(N2C[C@H](CNC(C)=O)OC2=O)cc1F)N(N)CCO. The number of carbonyl (C=O) groups excluding carboxylic acids is 2. The van der Waals surface area contributed by atoms with Crippen molar-refractivity contribution in [1.82, 2.24) is 10.3 Å². The van der Waals surface area contributed by atoms with Crippen LogP contribution in [0.15, 0.2) is 28.4 Å². The number of benzene rings is 1. The van der Waals surface area contributed by atoms with E-state index in [1.165, 1.54) is 24.0 Å². The molecule has 1 atom stereocenters. The summed E-state index contributed by atoms with van der Waals surface area (Å²) in [4.78, 5) is 24.2. The summed E-state index contributed by atoms with van der Waals surface area (Å²) in [6.07, 6.45) is -1.17. The number of ether oxygens (including phenoxy) is 1. The Morgan fingerprint density at radius 1 is 1.59 bits per heavy atom. The molecule has 0 saturated carbocycles. The molecule has 0 radical (unpaired) electrons. The number of aliphatic hydroxyl groups excluding tert-OH is 1. The topological polar surface area (TPSA) is 133 Å². The zero-order chi connectivity index (χ0) is 20.0. The van der Waals surface area contributed by atoms with Crippen LogP contribution in [0.3, 0.4) is 0 Å². The number of anilines is 1. The van der Waals surface area contributed by atoms with Crippen molar-refractivity contribution in [2.45, 2.75) is 13.0 Å². The number of halogens is 1. The van der Waals surface area contributed by atoms with Gasteiger partial charge in [-0.25, -0.2) is 15.0 Å². The maximum atomic E-state index is 14.6. The monoisotopic (exact) mass is 380 g/mol. The van der Waals surface area contributed by atoms with Crippen LogP contribution in [0, 0.1) is 5.82 Å². The Balaban J connectivity index is 2.20. The number of nitrogens with two attached hydrogens (primary N) is 1. The molecular formula is C16H21FN6O4. The maximum absolute atomic E-state index is 14.6. The number of amides is 2. The third-order valence-electron chi connectivity index (χ3n) is 3.74. The number of hydrogen-bond donors (Lipinski definition) is 3. The number of aliphatic hydroxyl groups is 1. The molecule has 2 rings (SSSR count). The van der Waals surface area contributed by atoms with Crippen molar-refractivity contribution in [3.05, 3.63) is 29.6 Å². The number of rotatable bonds is 7. The molecular weight excluding hydrogens is 359 g/mol. The van der Waals surface area contributed by atoms with Gasteiger partial charge in [0.15, 0.2) is 5.84 Å². The summed E-state index contributed by atoms with van der Waals surface area (Å²) in [5, 5.41) is 19.7. The molecule has 0 spiro atoms. The number of cyclic esters (lactones) is 1. The lowest BCUT2D eigenvalue weighted by Gasteiger charge is -2.20. The number of hydrogen-bond acceptors (Lipinski definition) is 7. The van der Waals surface area contributed by atoms with E-state index in [1.54, 1.807) is 0 Å². The van der Waals surface area contributed by atoms with Gasteiger partial charge in [0, 0.05) is 13.6 Å². The Morgan fingerprint density at radius 2 is 2.33 bits per heavy atom. The van der Waals surface area contributed by atoms with Gasteiger partial charge in [-0.05, 0) is 18.2 Å². The third kappa shape index (κ3) is 4.99. The fourth-order valence-electron chi connectivity index (χ4n) is 2.50. The zero-order valence-corrected chi connectivity index (χ0v) is 14.8. The molecule has 1 saturated heterocycles. The molecule has 27 heavy (non-hydrogen) atoms. The van der Waals surface area contributed by atoms with E-state index in [9.17, 15) is 14.0 Å². The van der Waals surface area contributed by atoms with Crippen LogP contribution in [-0.4, -0.2) is 67.0 Å². The Bertz CT molecular complexity index is 756. The number of carbonyl (C=O) groups is 2. The first-order valence-electron chi connectivity index (χ1n) is 8.06. The predicted molar refractivity (Wildman–Crippen MR) is 96.8 cm³/mol. The summed E-state index contributed by atoms with van der Waals surface area (Å²) < 4.78 is 19.8. The van der Waals surface area contributed by atoms with E-state index in [-0.39, 0.29) is 49.2 Å². The van der Waals surface area contributed by atoms with Gasteiger partial charge in [0.05, 0.1) is 37.5 Å². The molecule has 11 heteroatoms. The molecule has 1 heterocycles. The molecule has 1 aliphatic heterocycles. The molecule has 146 valence electrons. The molecule has 0 aliphatic carbocycles. The van der Waals surface area contributed by atoms with Crippen molar-refractivity contribution in [2.24, 2.45) is 16.0 Å². The standard InChI is InChI=1S/C16H21FN6O4/c1-10(25)20-8-12-9-22(16(26)27-12)11-3-4-13(14(17)7-11)15(21-19-2)23(18)5-6-24/h3-4,7,12,24H,2,5-6,8-9,18H2,1H3,(H,20,25)/b21-15-/t12-/m0/s1. The highest BCUT2D eigenvalue weighted by atomic mass is 19.1. The minimum Gasteiger partial charge on any atom is -0.442 e. The second-order valence-corrected chi connectivity index (χ2v) is 5.70. The molecule has 10 nitrogen and oxygen atoms in total. The van der Waals surface area contributed by atoms with Crippen LogP contribution >= 0.6 is 0 Å². The largest absolute Gasteiger partial charge is 0.442 e. The van der Waals surface area contributed by atoms with Gasteiger partial charge in [-0.3, -0.25) is 14.7 Å². The van der Waals surface area contributed by atoms with Crippen LogP contribution in [0.4, 0.5) is 14.9 Å². The molecule has 1 fully saturated rings. The van der Waals surface area contributed by atoms with E-state index in [0.29, 0.717) is 0 Å². The van der Waals surface area contributed by atoms with Crippen molar-refractivity contribution in [2.75, 3.05) is 31.1 Å². The molecule has 0 bridgehead atoms. The van der Waals surface area contributed by atoms with E-state index in [4.69, 9.17) is 15.7 Å². The van der Waals surface area contributed by atoms with Gasteiger partial charge in [-0.1, -0.05) is 0 Å². The Labute approximate surface area is 155 Å². The highest BCUT2D eigenvalue weighted by Crippen LogP contribution is 2.24. The van der Waals surface area contributed by atoms with Crippen LogP contribution in [0.2, 0.25) is 0 Å². The van der Waals surface area contributed by atoms with Crippen LogP contribution in [0.25, 0.3) is 0 Å². The Morgan fingerprint density at radius 3 is 2.93 bits per heavy atom. The number of hydrazine groups is 1. The quantitative estimate of drug-likeness (QED) is 0.260. The first-order chi connectivity index (χ1) is 12.9. The lowest BCUT2D eigenvalue weighted by atomic mass is 10.1. The summed E-state index contributed by atoms with van der Waals surface area (Å²) in [7, 11) is 0. The van der Waals surface area contributed by atoms with Crippen molar-refractivity contribution in [1.29, 1.82) is 0 Å². The second-order valence-electron chi connectivity index (χ2n) is 5.70. The van der Waals surface area contributed by atoms with Gasteiger partial charge < -0.3 is 15.2 Å². The van der Waals surface area contributed by atoms with Gasteiger partial charge >= 0.3 is 6.09 Å². The normalized spacial score (nSPS) is 16.9. The smallest absolute Gasteiger partial charge is 0.414 e. The molecule has 1 aliphatic rings. The minimum absolute atomic E-state index is 0.0127. The summed E-state index contributed by atoms with van der Waals surface area (Å²) in [5.74, 6) is 4.79. The number of nitrogens with one attached hydrogen (secondary N) is 1. The van der Waals surface area contributed by atoms with Crippen molar-refractivity contribution in [3.8, 4) is 0 Å². The van der Waals surface area contributed by atoms with E-state index >= 15 is 0 Å². The van der Waals surface area contributed by atoms with E-state index in [1.807, 2.05) is 0 Å². The summed E-state index contributed by atoms with van der Waals surface area (Å²) in [6.45, 7) is 4.67. The third-order valence-corrected chi connectivity index (χ3v) is 3.74. The fourth-order valence-corrected chi connectivity index (χ4v) is 2.50. The van der Waals surface area contributed by atoms with Crippen molar-refractivity contribution >= 4 is 30.2 Å². The highest BCUT2D eigenvalue weighted by Gasteiger charge is 2.33. The molecule has 0 unspecified atom stereocenters. The van der Waals surface area contributed by atoms with Crippen LogP contribution in [-0.2, 0) is 9.53 Å². The first-order valence-corrected chi connectivity index (χ1v) is 8.06. The maximum Gasteiger partial charge on any atom is 0.414 e. The van der Waals surface area contributed by atoms with Crippen LogP contribution in [0.5, 0.6) is 0 Å². The van der Waals surface area contributed by atoms with Gasteiger partial charge in [0.25, 0.3) is 0 Å². The molecule has 1 aromatic rings. The number of nitrogens with zero attached hydrogens (tertiary/aromatic N) is 4. The minimum atomic E-state index is -0.693. The number of amidine groups is 1. The van der Waals surface area contributed by atoms with E-state index in [0.717, 1.165) is 11.1 Å². The Kier molecular flexibility index (Phi) is 6.79. The second kappa shape index (κ2) is 9.05.